The molecular weight excluding hydrogens is 442 g/mol. The van der Waals surface area contributed by atoms with Crippen LogP contribution in [0.2, 0.25) is 0 Å². The van der Waals surface area contributed by atoms with E-state index in [1.54, 1.807) is 4.90 Å². The van der Waals surface area contributed by atoms with Gasteiger partial charge in [0.25, 0.3) is 5.91 Å². The highest BCUT2D eigenvalue weighted by Gasteiger charge is 2.49. The summed E-state index contributed by atoms with van der Waals surface area (Å²) in [6.07, 6.45) is 9.64. The van der Waals surface area contributed by atoms with Crippen LogP contribution >= 0.6 is 0 Å². The van der Waals surface area contributed by atoms with Crippen LogP contribution in [-0.2, 0) is 14.4 Å². The minimum Gasteiger partial charge on any atom is -0.484 e. The van der Waals surface area contributed by atoms with Gasteiger partial charge in [0.05, 0.1) is 6.07 Å². The Kier molecular flexibility index (Phi) is 8.10. The first-order chi connectivity index (χ1) is 16.9. The second-order valence-electron chi connectivity index (χ2n) is 10.7. The van der Waals surface area contributed by atoms with Crippen LogP contribution in [0.4, 0.5) is 0 Å². The van der Waals surface area contributed by atoms with Crippen molar-refractivity contribution in [2.45, 2.75) is 89.6 Å². The van der Waals surface area contributed by atoms with Gasteiger partial charge in [-0.15, -0.1) is 0 Å². The highest BCUT2D eigenvalue weighted by atomic mass is 16.5. The highest BCUT2D eigenvalue weighted by molar-refractivity contribution is 5.89. The van der Waals surface area contributed by atoms with Crippen LogP contribution < -0.4 is 10.1 Å². The van der Waals surface area contributed by atoms with E-state index in [2.05, 4.69) is 11.4 Å². The molecular formula is C28H37N3O4. The number of hydrogen-bond donors (Lipinski definition) is 1. The molecule has 188 valence electrons. The molecule has 1 spiro atoms. The number of ketones is 1. The Balaban J connectivity index is 1.43. The Hall–Kier alpha value is -2.88. The molecule has 7 nitrogen and oxygen atoms in total. The summed E-state index contributed by atoms with van der Waals surface area (Å²) in [5, 5.41) is 12.6. The molecule has 1 aliphatic heterocycles. The maximum atomic E-state index is 13.4. The van der Waals surface area contributed by atoms with E-state index < -0.39 is 12.1 Å². The van der Waals surface area contributed by atoms with Crippen LogP contribution in [-0.4, -0.2) is 47.7 Å². The fraction of sp³-hybridized carbons (Fsp3) is 0.643. The molecule has 0 radical (unpaired) electrons. The molecule has 4 rings (SSSR count). The topological polar surface area (TPSA) is 99.5 Å². The monoisotopic (exact) mass is 479 g/mol. The highest BCUT2D eigenvalue weighted by Crippen LogP contribution is 2.46. The third kappa shape index (κ3) is 6.22. The molecule has 2 saturated carbocycles. The van der Waals surface area contributed by atoms with Crippen molar-refractivity contribution >= 4 is 17.6 Å². The normalized spacial score (nSPS) is 24.6. The molecule has 35 heavy (non-hydrogen) atoms. The number of rotatable bonds is 7. The number of nitrogens with one attached hydrogen (secondary N) is 1. The van der Waals surface area contributed by atoms with Gasteiger partial charge in [-0.05, 0) is 63.0 Å². The van der Waals surface area contributed by atoms with E-state index in [0.717, 1.165) is 50.5 Å². The van der Waals surface area contributed by atoms with E-state index in [0.29, 0.717) is 31.6 Å². The van der Waals surface area contributed by atoms with Gasteiger partial charge in [0, 0.05) is 18.9 Å². The molecule has 1 unspecified atom stereocenters. The van der Waals surface area contributed by atoms with Gasteiger partial charge in [0.15, 0.2) is 6.61 Å². The summed E-state index contributed by atoms with van der Waals surface area (Å²) in [7, 11) is 0. The maximum Gasteiger partial charge on any atom is 0.261 e. The summed E-state index contributed by atoms with van der Waals surface area (Å²) < 4.78 is 5.74. The van der Waals surface area contributed by atoms with Crippen LogP contribution in [0.25, 0.3) is 0 Å². The lowest BCUT2D eigenvalue weighted by Crippen LogP contribution is -2.50. The lowest BCUT2D eigenvalue weighted by Gasteiger charge is -2.33. The summed E-state index contributed by atoms with van der Waals surface area (Å²) in [5.41, 5.74) is 1.07. The van der Waals surface area contributed by atoms with Crippen LogP contribution in [0, 0.1) is 29.6 Å². The zero-order valence-electron chi connectivity index (χ0n) is 20.8. The lowest BCUT2D eigenvalue weighted by molar-refractivity contribution is -0.140. The maximum absolute atomic E-state index is 13.4. The van der Waals surface area contributed by atoms with Crippen molar-refractivity contribution in [1.82, 2.24) is 10.2 Å². The van der Waals surface area contributed by atoms with Crippen molar-refractivity contribution in [2.24, 2.45) is 11.3 Å². The summed E-state index contributed by atoms with van der Waals surface area (Å²) in [6.45, 7) is 2.42. The zero-order valence-corrected chi connectivity index (χ0v) is 20.8. The first-order valence-corrected chi connectivity index (χ1v) is 13.1. The lowest BCUT2D eigenvalue weighted by atomic mass is 9.72. The minimum absolute atomic E-state index is 0.0404. The third-order valence-corrected chi connectivity index (χ3v) is 8.10. The van der Waals surface area contributed by atoms with Gasteiger partial charge < -0.3 is 15.0 Å². The number of carbonyl (C=O) groups excluding carboxylic acids is 3. The molecule has 1 saturated heterocycles. The minimum atomic E-state index is -0.724. The van der Waals surface area contributed by atoms with Gasteiger partial charge in [-0.3, -0.25) is 14.4 Å². The van der Waals surface area contributed by atoms with Crippen molar-refractivity contribution in [3.05, 3.63) is 29.8 Å². The second-order valence-corrected chi connectivity index (χ2v) is 10.7. The van der Waals surface area contributed by atoms with E-state index in [1.165, 1.54) is 6.42 Å². The number of carbonyl (C=O) groups is 3. The molecule has 7 heteroatoms. The number of amides is 2. The fourth-order valence-electron chi connectivity index (χ4n) is 6.08. The van der Waals surface area contributed by atoms with Gasteiger partial charge in [-0.1, -0.05) is 43.4 Å². The Bertz CT molecular complexity index is 961. The molecule has 1 N–H and O–H groups in total. The Labute approximate surface area is 208 Å². The summed E-state index contributed by atoms with van der Waals surface area (Å²) >= 11 is 0. The third-order valence-electron chi connectivity index (χ3n) is 8.10. The summed E-state index contributed by atoms with van der Waals surface area (Å²) in [5.74, 6) is 0.161. The Morgan fingerprint density at radius 1 is 1.17 bits per heavy atom. The van der Waals surface area contributed by atoms with Crippen LogP contribution in [0.3, 0.4) is 0 Å². The van der Waals surface area contributed by atoms with Crippen molar-refractivity contribution in [2.75, 3.05) is 13.2 Å². The number of nitrogens with zero attached hydrogens (tertiary/aromatic N) is 2. The van der Waals surface area contributed by atoms with Gasteiger partial charge in [-0.25, -0.2) is 0 Å². The van der Waals surface area contributed by atoms with Gasteiger partial charge in [0.1, 0.15) is 23.6 Å². The number of hydrogen-bond acceptors (Lipinski definition) is 5. The molecule has 1 heterocycles. The largest absolute Gasteiger partial charge is 0.484 e. The molecule has 1 aromatic carbocycles. The van der Waals surface area contributed by atoms with Crippen molar-refractivity contribution < 1.29 is 19.1 Å². The first-order valence-electron chi connectivity index (χ1n) is 13.1. The SMILES string of the molecule is Cc1ccc(OCC(=O)N2CC3(CCCCC3)CC2C(=O)N[C@H](C#N)C[C@@H]2CCCCC2=O)cc1. The predicted molar refractivity (Wildman–Crippen MR) is 131 cm³/mol. The molecule has 2 aliphatic carbocycles. The Morgan fingerprint density at radius 2 is 1.91 bits per heavy atom. The van der Waals surface area contributed by atoms with Crippen LogP contribution in [0.15, 0.2) is 24.3 Å². The van der Waals surface area contributed by atoms with Gasteiger partial charge in [0.2, 0.25) is 5.91 Å². The fourth-order valence-corrected chi connectivity index (χ4v) is 6.08. The van der Waals surface area contributed by atoms with Crippen molar-refractivity contribution in [3.8, 4) is 11.8 Å². The van der Waals surface area contributed by atoms with Crippen molar-refractivity contribution in [1.29, 1.82) is 5.26 Å². The van der Waals surface area contributed by atoms with Crippen LogP contribution in [0.5, 0.6) is 5.75 Å². The van der Waals surface area contributed by atoms with E-state index >= 15 is 0 Å². The number of likely N-dealkylation sites (tertiary alicyclic amines) is 1. The van der Waals surface area contributed by atoms with Crippen LogP contribution in [0.1, 0.15) is 76.2 Å². The van der Waals surface area contributed by atoms with Gasteiger partial charge in [-0.2, -0.15) is 5.26 Å². The number of Topliss-reactive ketones (excluding diaryl/α,β-unsaturated/α-hetero) is 1. The first kappa shape index (κ1) is 25.2. The molecule has 2 amide bonds. The molecule has 0 aromatic heterocycles. The molecule has 3 atom stereocenters. The standard InChI is InChI=1S/C28H37N3O4/c1-20-9-11-23(12-10-20)35-18-26(33)31-19-28(13-5-2-6-14-28)16-24(31)27(34)30-22(17-29)15-21-7-3-4-8-25(21)32/h9-12,21-22,24H,2-8,13-16,18-19H2,1H3,(H,30,34)/t21-,22-,24?/m0/s1. The quantitative estimate of drug-likeness (QED) is 0.635. The Morgan fingerprint density at radius 3 is 2.60 bits per heavy atom. The number of benzene rings is 1. The van der Waals surface area contributed by atoms with Crippen molar-refractivity contribution in [3.63, 3.8) is 0 Å². The number of ether oxygens (including phenoxy) is 1. The molecule has 3 aliphatic rings. The molecule has 1 aromatic rings. The second kappa shape index (κ2) is 11.2. The zero-order chi connectivity index (χ0) is 24.8. The predicted octanol–water partition coefficient (Wildman–Crippen LogP) is 4.08. The molecule has 3 fully saturated rings. The average Bonchev–Trinajstić information content (AvgIpc) is 3.23. The van der Waals surface area contributed by atoms with E-state index in [-0.39, 0.29) is 35.5 Å². The van der Waals surface area contributed by atoms with Gasteiger partial charge >= 0.3 is 0 Å². The summed E-state index contributed by atoms with van der Waals surface area (Å²) in [4.78, 5) is 40.6. The molecule has 0 bridgehead atoms. The van der Waals surface area contributed by atoms with E-state index in [1.807, 2.05) is 31.2 Å². The average molecular weight is 480 g/mol. The number of nitriles is 1. The van der Waals surface area contributed by atoms with E-state index in [9.17, 15) is 19.6 Å². The van der Waals surface area contributed by atoms with E-state index in [4.69, 9.17) is 4.74 Å². The number of aryl methyl sites for hydroxylation is 1. The summed E-state index contributed by atoms with van der Waals surface area (Å²) in [6, 6.07) is 8.38. The smallest absolute Gasteiger partial charge is 0.261 e.